The molecule has 0 bridgehead atoms. The van der Waals surface area contributed by atoms with Crippen LogP contribution in [0.3, 0.4) is 0 Å². The molecular weight excluding hydrogens is 680 g/mol. The normalized spacial score (nSPS) is 53.3. The summed E-state index contributed by atoms with van der Waals surface area (Å²) >= 11 is 0. The second-order valence-electron chi connectivity index (χ2n) is 18.1. The van der Waals surface area contributed by atoms with Gasteiger partial charge >= 0.3 is 0 Å². The summed E-state index contributed by atoms with van der Waals surface area (Å²) in [5.74, 6) is -0.947. The lowest BCUT2D eigenvalue weighted by molar-refractivity contribution is -0.311. The summed E-state index contributed by atoms with van der Waals surface area (Å²) < 4.78 is 29.5. The van der Waals surface area contributed by atoms with E-state index in [4.69, 9.17) is 23.7 Å². The van der Waals surface area contributed by atoms with Gasteiger partial charge in [0.05, 0.1) is 49.3 Å². The molecule has 21 atom stereocenters. The molecule has 0 aromatic rings. The molecule has 1 unspecified atom stereocenters. The van der Waals surface area contributed by atoms with Crippen molar-refractivity contribution in [3.05, 3.63) is 0 Å². The number of methoxy groups -OCH3 is 1. The van der Waals surface area contributed by atoms with E-state index in [9.17, 15) is 46.0 Å². The molecule has 14 nitrogen and oxygen atoms in total. The van der Waals surface area contributed by atoms with E-state index < -0.39 is 108 Å². The Labute approximate surface area is 307 Å². The van der Waals surface area contributed by atoms with Crippen LogP contribution < -0.4 is 0 Å². The first-order valence-corrected chi connectivity index (χ1v) is 19.6. The van der Waals surface area contributed by atoms with Crippen LogP contribution in [0.25, 0.3) is 0 Å². The van der Waals surface area contributed by atoms with E-state index in [1.165, 1.54) is 7.11 Å². The third-order valence-electron chi connectivity index (χ3n) is 14.9. The predicted molar refractivity (Wildman–Crippen MR) is 184 cm³/mol. The lowest BCUT2D eigenvalue weighted by Gasteiger charge is -2.66. The molecule has 4 saturated carbocycles. The first kappa shape index (κ1) is 41.1. The molecule has 0 amide bonds. The van der Waals surface area contributed by atoms with Gasteiger partial charge in [-0.05, 0) is 79.4 Å². The van der Waals surface area contributed by atoms with Crippen molar-refractivity contribution in [3.8, 4) is 0 Å². The van der Waals surface area contributed by atoms with Gasteiger partial charge in [-0.25, -0.2) is 0 Å². The first-order valence-electron chi connectivity index (χ1n) is 19.6. The SMILES string of the molecule is CO[C@H]1[C@H](O[C@H]2[C@H](OC(CC[C@@H](C)[C@H]3C[C@@H](O)[C@@H]4[C@]3(C)CC[C@@H]3[C@@]5(C)CC[C@H](O)[C@H](O)[C@@H]5[C@@H](O)C[C@]34O)C(C)C)O[C@@H](CO)[C@@H]2O)OC[C@@H](O)[C@@H]1O. The Hall–Kier alpha value is -0.560. The van der Waals surface area contributed by atoms with Crippen molar-refractivity contribution < 1.29 is 69.6 Å². The maximum Gasteiger partial charge on any atom is 0.187 e. The molecule has 4 aliphatic carbocycles. The zero-order valence-electron chi connectivity index (χ0n) is 31.6. The number of ether oxygens (including phenoxy) is 5. The number of aliphatic hydroxyl groups is 9. The van der Waals surface area contributed by atoms with Crippen LogP contribution in [0, 0.1) is 46.3 Å². The summed E-state index contributed by atoms with van der Waals surface area (Å²) in [4.78, 5) is 0. The second-order valence-corrected chi connectivity index (χ2v) is 18.1. The topological polar surface area (TPSA) is 228 Å². The molecule has 2 aliphatic heterocycles. The van der Waals surface area contributed by atoms with Gasteiger partial charge < -0.3 is 69.6 Å². The van der Waals surface area contributed by atoms with Crippen LogP contribution in [0.5, 0.6) is 0 Å². The maximum absolute atomic E-state index is 12.6. The highest BCUT2D eigenvalue weighted by molar-refractivity contribution is 5.21. The van der Waals surface area contributed by atoms with Crippen LogP contribution in [0.15, 0.2) is 0 Å². The third-order valence-corrected chi connectivity index (χ3v) is 14.9. The Bertz CT molecular complexity index is 1210. The van der Waals surface area contributed by atoms with Crippen molar-refractivity contribution >= 4 is 0 Å². The quantitative estimate of drug-likeness (QED) is 0.136. The van der Waals surface area contributed by atoms with Gasteiger partial charge in [0.15, 0.2) is 12.6 Å². The standard InChI is InChI=1S/C38H66O14/c1-17(2)24(50-35-32(30(46)25(15-39)51-35)52-34-31(48-6)29(45)23(43)16-49-34)8-7-18(3)19-13-21(41)33-36(19,4)12-10-26-37(5)11-9-20(40)28(44)27(37)22(42)14-38(26,33)47/h17-35,39-47H,7-16H2,1-6H3/t18-,19-,20+,21-,22+,23-,24?,25+,26-,27+,28+,29+,30+,31-,32-,33-,34+,35-,36-,37-,38+/m1/s1. The maximum atomic E-state index is 12.6. The average Bonchev–Trinajstić information content (AvgIpc) is 3.53. The van der Waals surface area contributed by atoms with Gasteiger partial charge in [0.25, 0.3) is 0 Å². The summed E-state index contributed by atoms with van der Waals surface area (Å²) in [6, 6.07) is 0. The number of hydrogen-bond acceptors (Lipinski definition) is 14. The number of aliphatic hydroxyl groups excluding tert-OH is 8. The highest BCUT2D eigenvalue weighted by Crippen LogP contribution is 2.70. The molecule has 6 rings (SSSR count). The monoisotopic (exact) mass is 746 g/mol. The Morgan fingerprint density at radius 1 is 0.788 bits per heavy atom. The Morgan fingerprint density at radius 2 is 1.48 bits per heavy atom. The highest BCUT2D eigenvalue weighted by Gasteiger charge is 2.71. The summed E-state index contributed by atoms with van der Waals surface area (Å²) in [6.07, 6.45) is -8.58. The van der Waals surface area contributed by atoms with Crippen LogP contribution in [-0.4, -0.2) is 152 Å². The highest BCUT2D eigenvalue weighted by atomic mass is 16.8. The van der Waals surface area contributed by atoms with Crippen LogP contribution in [0.2, 0.25) is 0 Å². The summed E-state index contributed by atoms with van der Waals surface area (Å²) in [5.41, 5.74) is -2.27. The van der Waals surface area contributed by atoms with E-state index in [1.54, 1.807) is 0 Å². The molecule has 52 heavy (non-hydrogen) atoms. The summed E-state index contributed by atoms with van der Waals surface area (Å²) in [5, 5.41) is 98.7. The molecule has 0 spiro atoms. The fourth-order valence-electron chi connectivity index (χ4n) is 12.3. The predicted octanol–water partition coefficient (Wildman–Crippen LogP) is 0.0474. The van der Waals surface area contributed by atoms with E-state index in [-0.39, 0.29) is 42.8 Å². The lowest BCUT2D eigenvalue weighted by Crippen LogP contribution is -2.70. The van der Waals surface area contributed by atoms with Crippen molar-refractivity contribution in [1.29, 1.82) is 0 Å². The van der Waals surface area contributed by atoms with Crippen LogP contribution >= 0.6 is 0 Å². The van der Waals surface area contributed by atoms with E-state index in [0.29, 0.717) is 32.1 Å². The van der Waals surface area contributed by atoms with E-state index in [2.05, 4.69) is 13.8 Å². The van der Waals surface area contributed by atoms with Gasteiger partial charge in [-0.15, -0.1) is 0 Å². The van der Waals surface area contributed by atoms with Crippen LogP contribution in [0.1, 0.15) is 86.0 Å². The summed E-state index contributed by atoms with van der Waals surface area (Å²) in [6.45, 7) is 9.79. The van der Waals surface area contributed by atoms with Gasteiger partial charge in [-0.1, -0.05) is 34.6 Å². The second kappa shape index (κ2) is 15.4. The minimum Gasteiger partial charge on any atom is -0.394 e. The Morgan fingerprint density at radius 3 is 2.13 bits per heavy atom. The molecule has 2 heterocycles. The third kappa shape index (κ3) is 6.82. The zero-order chi connectivity index (χ0) is 38.1. The molecule has 0 aromatic carbocycles. The number of hydrogen-bond donors (Lipinski definition) is 9. The molecule has 302 valence electrons. The van der Waals surface area contributed by atoms with Gasteiger partial charge in [0, 0.05) is 25.4 Å². The van der Waals surface area contributed by atoms with Gasteiger partial charge in [0.1, 0.15) is 36.6 Å². The largest absolute Gasteiger partial charge is 0.394 e. The summed E-state index contributed by atoms with van der Waals surface area (Å²) in [7, 11) is 1.35. The fourth-order valence-corrected chi connectivity index (χ4v) is 12.3. The van der Waals surface area contributed by atoms with Crippen molar-refractivity contribution in [2.45, 2.75) is 171 Å². The Kier molecular flexibility index (Phi) is 12.2. The first-order chi connectivity index (χ1) is 24.4. The van der Waals surface area contributed by atoms with Gasteiger partial charge in [-0.3, -0.25) is 0 Å². The van der Waals surface area contributed by atoms with Crippen LogP contribution in [0.4, 0.5) is 0 Å². The average molecular weight is 747 g/mol. The van der Waals surface area contributed by atoms with Crippen molar-refractivity contribution in [3.63, 3.8) is 0 Å². The molecule has 14 heteroatoms. The minimum absolute atomic E-state index is 0.0341. The number of rotatable bonds is 11. The van der Waals surface area contributed by atoms with Crippen LogP contribution in [-0.2, 0) is 23.7 Å². The van der Waals surface area contributed by atoms with Crippen molar-refractivity contribution in [2.24, 2.45) is 46.3 Å². The Balaban J connectivity index is 1.14. The molecule has 6 fully saturated rings. The molecule has 9 N–H and O–H groups in total. The molecule has 0 radical (unpaired) electrons. The van der Waals surface area contributed by atoms with Gasteiger partial charge in [-0.2, -0.15) is 0 Å². The zero-order valence-corrected chi connectivity index (χ0v) is 31.6. The molecular formula is C38H66O14. The minimum atomic E-state index is -1.31. The lowest BCUT2D eigenvalue weighted by atomic mass is 9.41. The fraction of sp³-hybridized carbons (Fsp3) is 1.00. The number of fused-ring (bicyclic) bond motifs is 5. The molecule has 0 aromatic heterocycles. The van der Waals surface area contributed by atoms with E-state index >= 15 is 0 Å². The smallest absolute Gasteiger partial charge is 0.187 e. The molecule has 2 saturated heterocycles. The molecule has 6 aliphatic rings. The van der Waals surface area contributed by atoms with Gasteiger partial charge in [0.2, 0.25) is 0 Å². The van der Waals surface area contributed by atoms with E-state index in [0.717, 1.165) is 12.8 Å². The van der Waals surface area contributed by atoms with E-state index in [1.807, 2.05) is 20.8 Å². The van der Waals surface area contributed by atoms with Crippen molar-refractivity contribution in [2.75, 3.05) is 20.3 Å². The van der Waals surface area contributed by atoms with Crippen molar-refractivity contribution in [1.82, 2.24) is 0 Å².